The summed E-state index contributed by atoms with van der Waals surface area (Å²) in [5.41, 5.74) is 1.95. The molecule has 1 saturated heterocycles. The maximum absolute atomic E-state index is 12.5. The summed E-state index contributed by atoms with van der Waals surface area (Å²) in [6, 6.07) is 13.5. The van der Waals surface area contributed by atoms with Gasteiger partial charge in [0.15, 0.2) is 11.5 Å². The Morgan fingerprint density at radius 1 is 1.06 bits per heavy atom. The highest BCUT2D eigenvalue weighted by Crippen LogP contribution is 2.44. The summed E-state index contributed by atoms with van der Waals surface area (Å²) >= 11 is 0. The van der Waals surface area contributed by atoms with Crippen molar-refractivity contribution in [1.82, 2.24) is 4.90 Å². The van der Waals surface area contributed by atoms with E-state index in [1.54, 1.807) is 7.11 Å². The number of carboxylic acids is 1. The lowest BCUT2D eigenvalue weighted by Gasteiger charge is -2.42. The number of rotatable bonds is 8. The third-order valence-electron chi connectivity index (χ3n) is 6.19. The Morgan fingerprint density at radius 3 is 2.42 bits per heavy atom. The molecule has 31 heavy (non-hydrogen) atoms. The molecule has 0 aliphatic carbocycles. The van der Waals surface area contributed by atoms with E-state index in [9.17, 15) is 9.90 Å². The molecular formula is C24H29NO6. The van der Waals surface area contributed by atoms with E-state index in [1.807, 2.05) is 49.4 Å². The van der Waals surface area contributed by atoms with Crippen LogP contribution >= 0.6 is 0 Å². The molecule has 4 rings (SSSR count). The van der Waals surface area contributed by atoms with E-state index < -0.39 is 11.9 Å². The van der Waals surface area contributed by atoms with Gasteiger partial charge in [-0.15, -0.1) is 0 Å². The molecule has 0 amide bonds. The Kier molecular flexibility index (Phi) is 6.63. The molecule has 2 aromatic carbocycles. The van der Waals surface area contributed by atoms with Crippen molar-refractivity contribution in [3.63, 3.8) is 0 Å². The first-order chi connectivity index (χ1) is 15.1. The number of carbonyl (C=O) groups is 1. The number of methoxy groups -OCH3 is 1. The maximum atomic E-state index is 12.5. The van der Waals surface area contributed by atoms with E-state index in [2.05, 4.69) is 4.90 Å². The normalized spacial score (nSPS) is 23.0. The summed E-state index contributed by atoms with van der Waals surface area (Å²) in [4.78, 5) is 14.8. The molecule has 2 aliphatic rings. The molecule has 3 atom stereocenters. The zero-order valence-electron chi connectivity index (χ0n) is 18.0. The maximum Gasteiger partial charge on any atom is 0.307 e. The van der Waals surface area contributed by atoms with Crippen molar-refractivity contribution in [3.8, 4) is 17.2 Å². The fourth-order valence-corrected chi connectivity index (χ4v) is 4.62. The van der Waals surface area contributed by atoms with Crippen LogP contribution in [0.25, 0.3) is 0 Å². The number of fused-ring (bicyclic) bond motifs is 1. The van der Waals surface area contributed by atoms with Gasteiger partial charge in [0, 0.05) is 38.1 Å². The summed E-state index contributed by atoms with van der Waals surface area (Å²) in [7, 11) is 1.63. The van der Waals surface area contributed by atoms with Crippen molar-refractivity contribution in [2.45, 2.75) is 18.8 Å². The Bertz CT molecular complexity index is 899. The smallest absolute Gasteiger partial charge is 0.307 e. The van der Waals surface area contributed by atoms with Crippen LogP contribution in [0.5, 0.6) is 17.2 Å². The number of benzene rings is 2. The van der Waals surface area contributed by atoms with Gasteiger partial charge < -0.3 is 24.1 Å². The minimum Gasteiger partial charge on any atom is -0.497 e. The van der Waals surface area contributed by atoms with Gasteiger partial charge in [0.05, 0.1) is 19.6 Å². The first kappa shape index (κ1) is 21.5. The van der Waals surface area contributed by atoms with Crippen LogP contribution in [-0.4, -0.2) is 62.7 Å². The van der Waals surface area contributed by atoms with Gasteiger partial charge in [0.1, 0.15) is 5.75 Å². The van der Waals surface area contributed by atoms with E-state index in [0.717, 1.165) is 23.4 Å². The summed E-state index contributed by atoms with van der Waals surface area (Å²) in [6.45, 7) is 5.53. The largest absolute Gasteiger partial charge is 0.497 e. The number of ether oxygens (including phenoxy) is 4. The van der Waals surface area contributed by atoms with Gasteiger partial charge in [-0.2, -0.15) is 0 Å². The molecule has 7 nitrogen and oxygen atoms in total. The topological polar surface area (TPSA) is 77.5 Å². The third kappa shape index (κ3) is 4.62. The lowest BCUT2D eigenvalue weighted by Crippen LogP contribution is -2.47. The minimum absolute atomic E-state index is 0.158. The highest BCUT2D eigenvalue weighted by atomic mass is 16.7. The minimum atomic E-state index is -0.784. The molecule has 2 heterocycles. The highest BCUT2D eigenvalue weighted by molar-refractivity contribution is 5.73. The van der Waals surface area contributed by atoms with Crippen molar-refractivity contribution in [3.05, 3.63) is 53.6 Å². The Labute approximate surface area is 182 Å². The average molecular weight is 427 g/mol. The number of hydrogen-bond acceptors (Lipinski definition) is 6. The Morgan fingerprint density at radius 2 is 1.74 bits per heavy atom. The fourth-order valence-electron chi connectivity index (χ4n) is 4.62. The summed E-state index contributed by atoms with van der Waals surface area (Å²) in [6.07, 6.45) is 0. The number of hydrogen-bond donors (Lipinski definition) is 1. The zero-order valence-corrected chi connectivity index (χ0v) is 18.0. The van der Waals surface area contributed by atoms with Crippen molar-refractivity contribution in [2.24, 2.45) is 5.92 Å². The van der Waals surface area contributed by atoms with Crippen molar-refractivity contribution < 1.29 is 28.8 Å². The predicted octanol–water partition coefficient (Wildman–Crippen LogP) is 3.34. The summed E-state index contributed by atoms with van der Waals surface area (Å²) in [5, 5.41) is 10.3. The predicted molar refractivity (Wildman–Crippen MR) is 115 cm³/mol. The van der Waals surface area contributed by atoms with E-state index >= 15 is 0 Å². The van der Waals surface area contributed by atoms with Gasteiger partial charge in [0.25, 0.3) is 0 Å². The molecule has 0 radical (unpaired) electrons. The molecule has 1 N–H and O–H groups in total. The molecular weight excluding hydrogens is 398 g/mol. The van der Waals surface area contributed by atoms with Gasteiger partial charge in [-0.3, -0.25) is 9.69 Å². The Balaban J connectivity index is 1.68. The molecule has 2 aromatic rings. The van der Waals surface area contributed by atoms with Crippen molar-refractivity contribution >= 4 is 5.97 Å². The fraction of sp³-hybridized carbons (Fsp3) is 0.458. The van der Waals surface area contributed by atoms with E-state index in [0.29, 0.717) is 37.8 Å². The van der Waals surface area contributed by atoms with Crippen molar-refractivity contribution in [1.29, 1.82) is 0 Å². The first-order valence-corrected chi connectivity index (χ1v) is 10.7. The van der Waals surface area contributed by atoms with Gasteiger partial charge in [-0.25, -0.2) is 0 Å². The molecule has 2 aliphatic heterocycles. The number of carboxylic acid groups (broad SMARTS) is 1. The van der Waals surface area contributed by atoms with Crippen LogP contribution < -0.4 is 14.2 Å². The first-order valence-electron chi connectivity index (χ1n) is 10.7. The second-order valence-corrected chi connectivity index (χ2v) is 7.92. The highest BCUT2D eigenvalue weighted by Gasteiger charge is 2.43. The van der Waals surface area contributed by atoms with Gasteiger partial charge >= 0.3 is 5.97 Å². The zero-order chi connectivity index (χ0) is 21.8. The van der Waals surface area contributed by atoms with Crippen LogP contribution in [0.3, 0.4) is 0 Å². The average Bonchev–Trinajstić information content (AvgIpc) is 3.26. The van der Waals surface area contributed by atoms with Crippen LogP contribution in [0.4, 0.5) is 0 Å². The molecule has 0 saturated carbocycles. The van der Waals surface area contributed by atoms with Gasteiger partial charge in [-0.1, -0.05) is 18.2 Å². The van der Waals surface area contributed by atoms with Gasteiger partial charge in [0.2, 0.25) is 6.79 Å². The van der Waals surface area contributed by atoms with E-state index in [1.165, 1.54) is 0 Å². The molecule has 0 aromatic heterocycles. The molecule has 166 valence electrons. The number of nitrogens with zero attached hydrogens (tertiary/aromatic N) is 1. The van der Waals surface area contributed by atoms with E-state index in [4.69, 9.17) is 18.9 Å². The number of likely N-dealkylation sites (tertiary alicyclic amines) is 1. The molecule has 0 bridgehead atoms. The van der Waals surface area contributed by atoms with Crippen molar-refractivity contribution in [2.75, 3.05) is 46.8 Å². The third-order valence-corrected chi connectivity index (χ3v) is 6.19. The molecule has 7 heteroatoms. The SMILES string of the molecule is CCOCCN1CC(c2ccc(OC)cc2)C(C(=O)O)C(c2ccc3c(c2)OCO3)C1. The summed E-state index contributed by atoms with van der Waals surface area (Å²) in [5.74, 6) is 0.445. The molecule has 0 spiro atoms. The van der Waals surface area contributed by atoms with Crippen LogP contribution in [0.1, 0.15) is 29.9 Å². The molecule has 3 unspecified atom stereocenters. The van der Waals surface area contributed by atoms with Crippen LogP contribution in [0.2, 0.25) is 0 Å². The number of piperidine rings is 1. The second-order valence-electron chi connectivity index (χ2n) is 7.92. The second kappa shape index (κ2) is 9.58. The monoisotopic (exact) mass is 427 g/mol. The Hall–Kier alpha value is -2.77. The lowest BCUT2D eigenvalue weighted by molar-refractivity contribution is -0.145. The summed E-state index contributed by atoms with van der Waals surface area (Å²) < 4.78 is 21.8. The quantitative estimate of drug-likeness (QED) is 0.648. The lowest BCUT2D eigenvalue weighted by atomic mass is 9.71. The number of aliphatic carboxylic acids is 1. The standard InChI is InChI=1S/C24H29NO6/c1-3-29-11-10-25-13-19(16-4-7-18(28-2)8-5-16)23(24(26)27)20(14-25)17-6-9-21-22(12-17)31-15-30-21/h4-9,12,19-20,23H,3,10-11,13-15H2,1-2H3,(H,26,27). The van der Waals surface area contributed by atoms with Crippen LogP contribution in [0, 0.1) is 5.92 Å². The van der Waals surface area contributed by atoms with Crippen LogP contribution in [-0.2, 0) is 9.53 Å². The van der Waals surface area contributed by atoms with Crippen LogP contribution in [0.15, 0.2) is 42.5 Å². The molecule has 1 fully saturated rings. The van der Waals surface area contributed by atoms with E-state index in [-0.39, 0.29) is 18.6 Å². The van der Waals surface area contributed by atoms with Gasteiger partial charge in [-0.05, 0) is 42.3 Å².